The third-order valence-corrected chi connectivity index (χ3v) is 7.54. The maximum Gasteiger partial charge on any atom is 0.408 e. The molecule has 1 saturated heterocycles. The summed E-state index contributed by atoms with van der Waals surface area (Å²) in [5.74, 6) is -1.12. The summed E-state index contributed by atoms with van der Waals surface area (Å²) in [6.45, 7) is 9.01. The lowest BCUT2D eigenvalue weighted by Gasteiger charge is -2.27. The van der Waals surface area contributed by atoms with Crippen molar-refractivity contribution >= 4 is 35.6 Å². The third-order valence-electron chi connectivity index (χ3n) is 6.32. The number of aromatic amines is 1. The Balaban J connectivity index is 1.66. The van der Waals surface area contributed by atoms with Gasteiger partial charge in [-0.05, 0) is 45.2 Å². The van der Waals surface area contributed by atoms with Gasteiger partial charge in [-0.2, -0.15) is 5.21 Å². The van der Waals surface area contributed by atoms with E-state index >= 15 is 0 Å². The number of carbonyl (C=O) groups excluding carboxylic acids is 4. The summed E-state index contributed by atoms with van der Waals surface area (Å²) < 4.78 is 5.30. The van der Waals surface area contributed by atoms with E-state index in [2.05, 4.69) is 36.6 Å². The first-order valence-corrected chi connectivity index (χ1v) is 14.1. The lowest BCUT2D eigenvalue weighted by Crippen LogP contribution is -2.54. The van der Waals surface area contributed by atoms with Crippen LogP contribution in [0.1, 0.15) is 53.3 Å². The van der Waals surface area contributed by atoms with Crippen molar-refractivity contribution in [3.8, 4) is 0 Å². The average molecular weight is 575 g/mol. The summed E-state index contributed by atoms with van der Waals surface area (Å²) in [6.07, 6.45) is 0.347. The number of benzene rings is 1. The predicted octanol–water partition coefficient (Wildman–Crippen LogP) is 1.63. The molecule has 0 unspecified atom stereocenters. The fraction of sp³-hybridized carbons (Fsp3) is 0.577. The maximum atomic E-state index is 13.3. The first-order chi connectivity index (χ1) is 19.0. The van der Waals surface area contributed by atoms with Crippen molar-refractivity contribution in [2.24, 2.45) is 5.92 Å². The molecule has 1 aliphatic rings. The van der Waals surface area contributed by atoms with Gasteiger partial charge in [-0.15, -0.1) is 22.0 Å². The van der Waals surface area contributed by atoms with Crippen LogP contribution in [0.5, 0.6) is 0 Å². The van der Waals surface area contributed by atoms with E-state index in [4.69, 9.17) is 4.74 Å². The van der Waals surface area contributed by atoms with Crippen LogP contribution >= 0.6 is 11.8 Å². The Labute approximate surface area is 237 Å². The lowest BCUT2D eigenvalue weighted by molar-refractivity contribution is -0.139. The van der Waals surface area contributed by atoms with Crippen LogP contribution in [0.2, 0.25) is 0 Å². The molecular formula is C26H38N8O5S. The van der Waals surface area contributed by atoms with Crippen molar-refractivity contribution in [2.45, 2.75) is 81.8 Å². The number of rotatable bonds is 11. The Kier molecular flexibility index (Phi) is 10.9. The number of tetrazole rings is 1. The van der Waals surface area contributed by atoms with Crippen molar-refractivity contribution in [3.05, 3.63) is 36.2 Å². The summed E-state index contributed by atoms with van der Waals surface area (Å²) in [4.78, 5) is 54.4. The molecule has 1 aromatic heterocycles. The highest BCUT2D eigenvalue weighted by atomic mass is 32.2. The van der Waals surface area contributed by atoms with Gasteiger partial charge in [0.25, 0.3) is 0 Å². The van der Waals surface area contributed by atoms with Crippen LogP contribution in [0.25, 0.3) is 0 Å². The molecule has 218 valence electrons. The highest BCUT2D eigenvalue weighted by molar-refractivity contribution is 8.00. The number of ether oxygens (including phenoxy) is 1. The largest absolute Gasteiger partial charge is 0.444 e. The summed E-state index contributed by atoms with van der Waals surface area (Å²) in [7, 11) is 0. The Morgan fingerprint density at radius 2 is 1.90 bits per heavy atom. The van der Waals surface area contributed by atoms with E-state index in [1.165, 1.54) is 4.90 Å². The maximum absolute atomic E-state index is 13.3. The number of nitrogens with one attached hydrogen (secondary N) is 4. The van der Waals surface area contributed by atoms with Crippen LogP contribution in [-0.2, 0) is 25.7 Å². The zero-order chi connectivity index (χ0) is 29.3. The van der Waals surface area contributed by atoms with Gasteiger partial charge in [0.2, 0.25) is 17.7 Å². The SMILES string of the molecule is CC[C@H](C)[C@H](NC(=O)OC(C)(C)C)C(=O)NCC(=O)N1C[C@H](Sc2ccccc2)C[C@H]1C(=O)NCc1nn[nH]n1. The molecule has 1 fully saturated rings. The van der Waals surface area contributed by atoms with Crippen LogP contribution in [0.4, 0.5) is 4.79 Å². The molecule has 0 aliphatic carbocycles. The monoisotopic (exact) mass is 574 g/mol. The molecule has 4 N–H and O–H groups in total. The summed E-state index contributed by atoms with van der Waals surface area (Å²) >= 11 is 1.59. The zero-order valence-electron chi connectivity index (χ0n) is 23.5. The van der Waals surface area contributed by atoms with Gasteiger partial charge in [-0.25, -0.2) is 4.79 Å². The minimum absolute atomic E-state index is 0.0235. The van der Waals surface area contributed by atoms with Crippen molar-refractivity contribution in [1.82, 2.24) is 41.5 Å². The quantitative estimate of drug-likeness (QED) is 0.311. The van der Waals surface area contributed by atoms with Crippen molar-refractivity contribution in [2.75, 3.05) is 13.1 Å². The van der Waals surface area contributed by atoms with E-state index in [1.807, 2.05) is 44.2 Å². The lowest BCUT2D eigenvalue weighted by atomic mass is 9.98. The molecule has 0 saturated carbocycles. The van der Waals surface area contributed by atoms with E-state index < -0.39 is 35.6 Å². The average Bonchev–Trinajstić information content (AvgIpc) is 3.58. The minimum Gasteiger partial charge on any atom is -0.444 e. The number of alkyl carbamates (subject to hydrolysis) is 1. The second-order valence-corrected chi connectivity index (χ2v) is 12.0. The molecule has 0 spiro atoms. The molecule has 4 atom stereocenters. The first-order valence-electron chi connectivity index (χ1n) is 13.2. The Morgan fingerprint density at radius 1 is 1.18 bits per heavy atom. The summed E-state index contributed by atoms with van der Waals surface area (Å²) in [5, 5.41) is 21.5. The predicted molar refractivity (Wildman–Crippen MR) is 148 cm³/mol. The molecule has 13 nitrogen and oxygen atoms in total. The highest BCUT2D eigenvalue weighted by Gasteiger charge is 2.40. The molecule has 40 heavy (non-hydrogen) atoms. The number of hydrogen-bond donors (Lipinski definition) is 4. The molecule has 0 radical (unpaired) electrons. The van der Waals surface area contributed by atoms with E-state index in [9.17, 15) is 19.2 Å². The molecule has 4 amide bonds. The number of thioether (sulfide) groups is 1. The van der Waals surface area contributed by atoms with Gasteiger partial charge < -0.3 is 25.6 Å². The van der Waals surface area contributed by atoms with Crippen LogP contribution in [0, 0.1) is 5.92 Å². The van der Waals surface area contributed by atoms with Gasteiger partial charge in [-0.3, -0.25) is 14.4 Å². The minimum atomic E-state index is -0.887. The van der Waals surface area contributed by atoms with Gasteiger partial charge in [0, 0.05) is 16.7 Å². The standard InChI is InChI=1S/C26H38N8O5S/c1-6-16(2)22(29-25(38)39-26(3,4)5)24(37)28-14-21(35)34-15-18(40-17-10-8-7-9-11-17)12-19(34)23(36)27-13-20-30-32-33-31-20/h7-11,16,18-19,22H,6,12-15H2,1-5H3,(H,27,36)(H,28,37)(H,29,38)(H,30,31,32,33)/t16-,18+,19-,22-/m0/s1. The van der Waals surface area contributed by atoms with Crippen molar-refractivity contribution < 1.29 is 23.9 Å². The van der Waals surface area contributed by atoms with Gasteiger partial charge in [0.1, 0.15) is 17.7 Å². The number of likely N-dealkylation sites (tertiary alicyclic amines) is 1. The number of nitrogens with zero attached hydrogens (tertiary/aromatic N) is 4. The van der Waals surface area contributed by atoms with Crippen molar-refractivity contribution in [3.63, 3.8) is 0 Å². The second kappa shape index (κ2) is 14.1. The van der Waals surface area contributed by atoms with E-state index in [0.717, 1.165) is 4.90 Å². The molecule has 1 aliphatic heterocycles. The van der Waals surface area contributed by atoms with E-state index in [1.54, 1.807) is 32.5 Å². The summed E-state index contributed by atoms with van der Waals surface area (Å²) in [6, 6.07) is 8.13. The Hall–Kier alpha value is -3.68. The van der Waals surface area contributed by atoms with Crippen LogP contribution < -0.4 is 16.0 Å². The van der Waals surface area contributed by atoms with Crippen molar-refractivity contribution in [1.29, 1.82) is 0 Å². The first kappa shape index (κ1) is 30.9. The number of amides is 4. The fourth-order valence-electron chi connectivity index (χ4n) is 4.15. The molecule has 3 rings (SSSR count). The normalized spacial score (nSPS) is 18.5. The van der Waals surface area contributed by atoms with Gasteiger partial charge in [0.05, 0.1) is 13.1 Å². The third kappa shape index (κ3) is 9.21. The molecule has 2 aromatic rings. The van der Waals surface area contributed by atoms with E-state index in [-0.39, 0.29) is 30.2 Å². The fourth-order valence-corrected chi connectivity index (χ4v) is 5.36. The topological polar surface area (TPSA) is 171 Å². The molecular weight excluding hydrogens is 536 g/mol. The number of H-pyrrole nitrogens is 1. The smallest absolute Gasteiger partial charge is 0.408 e. The molecule has 0 bridgehead atoms. The second-order valence-electron chi connectivity index (χ2n) is 10.6. The Morgan fingerprint density at radius 3 is 2.52 bits per heavy atom. The van der Waals surface area contributed by atoms with Gasteiger partial charge in [0.15, 0.2) is 5.82 Å². The van der Waals surface area contributed by atoms with E-state index in [0.29, 0.717) is 25.2 Å². The highest BCUT2D eigenvalue weighted by Crippen LogP contribution is 2.33. The molecule has 1 aromatic carbocycles. The van der Waals surface area contributed by atoms with Crippen LogP contribution in [-0.4, -0.2) is 85.4 Å². The Bertz CT molecular complexity index is 1140. The number of carbonyl (C=O) groups is 4. The number of aromatic nitrogens is 4. The van der Waals surface area contributed by atoms with Crippen LogP contribution in [0.15, 0.2) is 35.2 Å². The molecule has 2 heterocycles. The zero-order valence-corrected chi connectivity index (χ0v) is 24.3. The van der Waals surface area contributed by atoms with Gasteiger partial charge >= 0.3 is 6.09 Å². The van der Waals surface area contributed by atoms with Gasteiger partial charge in [-0.1, -0.05) is 43.7 Å². The summed E-state index contributed by atoms with van der Waals surface area (Å²) in [5.41, 5.74) is -0.722. The van der Waals surface area contributed by atoms with Crippen LogP contribution in [0.3, 0.4) is 0 Å². The molecule has 14 heteroatoms. The number of hydrogen-bond acceptors (Lipinski definition) is 9.